The van der Waals surface area contributed by atoms with Crippen molar-refractivity contribution in [2.45, 2.75) is 56.7 Å². The minimum Gasteiger partial charge on any atom is -0.378 e. The molecule has 1 saturated carbocycles. The van der Waals surface area contributed by atoms with Crippen LogP contribution in [-0.2, 0) is 9.47 Å². The molecule has 0 aromatic rings. The van der Waals surface area contributed by atoms with Crippen LogP contribution in [0, 0.1) is 0 Å². The van der Waals surface area contributed by atoms with Gasteiger partial charge >= 0.3 is 6.03 Å². The number of ether oxygens (including phenoxy) is 2. The van der Waals surface area contributed by atoms with Crippen LogP contribution in [0.25, 0.3) is 0 Å². The van der Waals surface area contributed by atoms with Gasteiger partial charge in [-0.2, -0.15) is 0 Å². The number of urea groups is 1. The van der Waals surface area contributed by atoms with Crippen molar-refractivity contribution in [3.8, 4) is 0 Å². The molecule has 2 saturated heterocycles. The van der Waals surface area contributed by atoms with Crippen LogP contribution in [0.1, 0.15) is 39.0 Å². The van der Waals surface area contributed by atoms with Crippen LogP contribution in [0.4, 0.5) is 4.79 Å². The first kappa shape index (κ1) is 13.2. The van der Waals surface area contributed by atoms with Crippen LogP contribution in [0.3, 0.4) is 0 Å². The van der Waals surface area contributed by atoms with E-state index < -0.39 is 0 Å². The molecule has 19 heavy (non-hydrogen) atoms. The van der Waals surface area contributed by atoms with E-state index in [0.29, 0.717) is 12.6 Å². The van der Waals surface area contributed by atoms with Crippen LogP contribution in [-0.4, -0.2) is 55.0 Å². The smallest absolute Gasteiger partial charge is 0.317 e. The quantitative estimate of drug-likeness (QED) is 0.844. The van der Waals surface area contributed by atoms with Gasteiger partial charge in [0.15, 0.2) is 0 Å². The Balaban J connectivity index is 1.55. The number of hydrogen-bond acceptors (Lipinski definition) is 3. The largest absolute Gasteiger partial charge is 0.378 e. The molecule has 0 aromatic heterocycles. The predicted octanol–water partition coefficient (Wildman–Crippen LogP) is 1.52. The van der Waals surface area contributed by atoms with Crippen molar-refractivity contribution in [2.24, 2.45) is 0 Å². The number of carbonyl (C=O) groups is 1. The molecule has 0 bridgehead atoms. The van der Waals surface area contributed by atoms with Gasteiger partial charge in [-0.05, 0) is 32.6 Å². The van der Waals surface area contributed by atoms with Gasteiger partial charge in [-0.25, -0.2) is 4.79 Å². The second-order valence-corrected chi connectivity index (χ2v) is 5.99. The van der Waals surface area contributed by atoms with Crippen molar-refractivity contribution < 1.29 is 14.3 Å². The van der Waals surface area contributed by atoms with E-state index in [1.54, 1.807) is 0 Å². The molecule has 2 aliphatic heterocycles. The summed E-state index contributed by atoms with van der Waals surface area (Å²) in [5, 5.41) is 3.19. The van der Waals surface area contributed by atoms with Gasteiger partial charge in [0.25, 0.3) is 0 Å². The Morgan fingerprint density at radius 3 is 2.84 bits per heavy atom. The van der Waals surface area contributed by atoms with Crippen LogP contribution < -0.4 is 5.32 Å². The normalized spacial score (nSPS) is 34.5. The zero-order valence-corrected chi connectivity index (χ0v) is 11.7. The third kappa shape index (κ3) is 2.87. The molecule has 5 heteroatoms. The van der Waals surface area contributed by atoms with Crippen molar-refractivity contribution in [1.82, 2.24) is 10.2 Å². The minimum atomic E-state index is -0.132. The van der Waals surface area contributed by atoms with Crippen molar-refractivity contribution >= 4 is 6.03 Å². The summed E-state index contributed by atoms with van der Waals surface area (Å²) in [5.41, 5.74) is -0.132. The molecule has 0 unspecified atom stereocenters. The molecule has 0 radical (unpaired) electrons. The first-order valence-electron chi connectivity index (χ1n) is 7.51. The molecular formula is C14H24N2O3. The second-order valence-electron chi connectivity index (χ2n) is 5.99. The third-order valence-corrected chi connectivity index (χ3v) is 4.48. The Morgan fingerprint density at radius 1 is 1.37 bits per heavy atom. The van der Waals surface area contributed by atoms with Gasteiger partial charge in [-0.3, -0.25) is 0 Å². The van der Waals surface area contributed by atoms with Gasteiger partial charge < -0.3 is 19.7 Å². The van der Waals surface area contributed by atoms with E-state index >= 15 is 0 Å². The molecule has 2 amide bonds. The van der Waals surface area contributed by atoms with Crippen molar-refractivity contribution in [2.75, 3.05) is 26.4 Å². The fraction of sp³-hybridized carbons (Fsp3) is 0.929. The number of nitrogens with zero attached hydrogens (tertiary/aromatic N) is 1. The fourth-order valence-electron chi connectivity index (χ4n) is 3.23. The lowest BCUT2D eigenvalue weighted by molar-refractivity contribution is -0.0881. The maximum atomic E-state index is 12.3. The molecular weight excluding hydrogens is 244 g/mol. The molecule has 3 fully saturated rings. The van der Waals surface area contributed by atoms with Crippen LogP contribution in [0.5, 0.6) is 0 Å². The summed E-state index contributed by atoms with van der Waals surface area (Å²) in [7, 11) is 0. The first-order valence-corrected chi connectivity index (χ1v) is 7.51. The van der Waals surface area contributed by atoms with Crippen molar-refractivity contribution in [3.05, 3.63) is 0 Å². The Kier molecular flexibility index (Phi) is 3.67. The number of carbonyl (C=O) groups excluding carboxylic acids is 1. The summed E-state index contributed by atoms with van der Waals surface area (Å²) in [6.45, 7) is 5.04. The zero-order chi connectivity index (χ0) is 13.3. The summed E-state index contributed by atoms with van der Waals surface area (Å²) < 4.78 is 11.4. The number of amides is 2. The Morgan fingerprint density at radius 2 is 2.21 bits per heavy atom. The monoisotopic (exact) mass is 268 g/mol. The van der Waals surface area contributed by atoms with Crippen molar-refractivity contribution in [3.63, 3.8) is 0 Å². The van der Waals surface area contributed by atoms with E-state index in [1.807, 2.05) is 11.8 Å². The Hall–Kier alpha value is -0.810. The molecule has 2 heterocycles. The summed E-state index contributed by atoms with van der Waals surface area (Å²) in [5.74, 6) is 0. The molecule has 2 atom stereocenters. The molecule has 1 N–H and O–H groups in total. The minimum absolute atomic E-state index is 0.103. The molecule has 1 spiro atoms. The van der Waals surface area contributed by atoms with E-state index in [0.717, 1.165) is 51.9 Å². The van der Waals surface area contributed by atoms with Gasteiger partial charge in [0.1, 0.15) is 0 Å². The lowest BCUT2D eigenvalue weighted by atomic mass is 9.90. The third-order valence-electron chi connectivity index (χ3n) is 4.48. The topological polar surface area (TPSA) is 50.8 Å². The van der Waals surface area contributed by atoms with E-state index in [2.05, 4.69) is 5.32 Å². The average Bonchev–Trinajstić information content (AvgIpc) is 3.13. The second kappa shape index (κ2) is 5.29. The van der Waals surface area contributed by atoms with Gasteiger partial charge in [-0.15, -0.1) is 0 Å². The highest BCUT2D eigenvalue weighted by Crippen LogP contribution is 2.33. The number of hydrogen-bond donors (Lipinski definition) is 1. The Bertz CT molecular complexity index is 338. The maximum Gasteiger partial charge on any atom is 0.317 e. The van der Waals surface area contributed by atoms with Crippen LogP contribution in [0.2, 0.25) is 0 Å². The first-order chi connectivity index (χ1) is 9.22. The van der Waals surface area contributed by atoms with E-state index in [-0.39, 0.29) is 17.7 Å². The average molecular weight is 268 g/mol. The lowest BCUT2D eigenvalue weighted by Crippen LogP contribution is -2.52. The molecule has 0 aromatic carbocycles. The summed E-state index contributed by atoms with van der Waals surface area (Å²) in [4.78, 5) is 14.2. The molecule has 108 valence electrons. The highest BCUT2D eigenvalue weighted by molar-refractivity contribution is 5.75. The molecule has 5 nitrogen and oxygen atoms in total. The Labute approximate surface area is 114 Å². The van der Waals surface area contributed by atoms with Gasteiger partial charge in [0.2, 0.25) is 0 Å². The van der Waals surface area contributed by atoms with E-state index in [1.165, 1.54) is 0 Å². The summed E-state index contributed by atoms with van der Waals surface area (Å²) in [6, 6.07) is 0.815. The van der Waals surface area contributed by atoms with Crippen LogP contribution >= 0.6 is 0 Å². The predicted molar refractivity (Wildman–Crippen MR) is 71.1 cm³/mol. The van der Waals surface area contributed by atoms with Gasteiger partial charge in [0, 0.05) is 38.3 Å². The summed E-state index contributed by atoms with van der Waals surface area (Å²) in [6.07, 6.45) is 5.08. The highest BCUT2D eigenvalue weighted by atomic mass is 16.6. The molecule has 3 rings (SSSR count). The van der Waals surface area contributed by atoms with E-state index in [4.69, 9.17) is 9.47 Å². The lowest BCUT2D eigenvalue weighted by Gasteiger charge is -2.38. The van der Waals surface area contributed by atoms with Gasteiger partial charge in [0.05, 0.1) is 12.2 Å². The van der Waals surface area contributed by atoms with Crippen molar-refractivity contribution in [1.29, 1.82) is 0 Å². The number of rotatable bonds is 3. The maximum absolute atomic E-state index is 12.3. The molecule has 1 aliphatic carbocycles. The zero-order valence-electron chi connectivity index (χ0n) is 11.7. The summed E-state index contributed by atoms with van der Waals surface area (Å²) >= 11 is 0. The standard InChI is InChI=1S/C14H24N2O3/c1-2-16(12-3-4-12)13(17)15-11-5-7-19-14(9-11)6-8-18-10-14/h11-12H,2-10H2,1H3,(H,15,17)/t11-,14+/m1/s1. The SMILES string of the molecule is CCN(C(=O)N[C@@H]1CCO[C@@]2(CCOC2)C1)C1CC1. The van der Waals surface area contributed by atoms with E-state index in [9.17, 15) is 4.79 Å². The van der Waals surface area contributed by atoms with Crippen LogP contribution in [0.15, 0.2) is 0 Å². The number of nitrogens with one attached hydrogen (secondary N) is 1. The fourth-order valence-corrected chi connectivity index (χ4v) is 3.23. The molecule has 3 aliphatic rings. The van der Waals surface area contributed by atoms with Gasteiger partial charge in [-0.1, -0.05) is 0 Å². The highest BCUT2D eigenvalue weighted by Gasteiger charge is 2.42.